The number of anilines is 1. The van der Waals surface area contributed by atoms with Gasteiger partial charge in [0.2, 0.25) is 0 Å². The van der Waals surface area contributed by atoms with Crippen molar-refractivity contribution < 1.29 is 0 Å². The van der Waals surface area contributed by atoms with Gasteiger partial charge in [-0.3, -0.25) is 0 Å². The molecule has 0 aliphatic heterocycles. The van der Waals surface area contributed by atoms with Crippen LogP contribution < -0.4 is 5.32 Å². The van der Waals surface area contributed by atoms with Gasteiger partial charge in [0, 0.05) is 22.9 Å². The van der Waals surface area contributed by atoms with Gasteiger partial charge in [-0.05, 0) is 36.8 Å². The Hall–Kier alpha value is -1.73. The first-order valence-corrected chi connectivity index (χ1v) is 7.11. The second-order valence-corrected chi connectivity index (χ2v) is 5.26. The molecule has 0 aliphatic carbocycles. The van der Waals surface area contributed by atoms with E-state index in [4.69, 9.17) is 5.26 Å². The number of rotatable bonds is 5. The minimum absolute atomic E-state index is 0.664. The summed E-state index contributed by atoms with van der Waals surface area (Å²) in [6.45, 7) is 3.91. The molecule has 0 saturated heterocycles. The minimum Gasteiger partial charge on any atom is -0.378 e. The lowest BCUT2D eigenvalue weighted by atomic mass is 10.2. The third-order valence-corrected chi connectivity index (χ3v) is 3.44. The molecular weight excluding hydrogens is 302 g/mol. The van der Waals surface area contributed by atoms with E-state index in [1.54, 1.807) is 0 Å². The van der Waals surface area contributed by atoms with Crippen LogP contribution in [-0.2, 0) is 13.1 Å². The molecule has 3 nitrogen and oxygen atoms in total. The molecule has 1 heterocycles. The van der Waals surface area contributed by atoms with Gasteiger partial charge >= 0.3 is 0 Å². The molecule has 2 rings (SSSR count). The van der Waals surface area contributed by atoms with Crippen LogP contribution in [0.3, 0.4) is 0 Å². The summed E-state index contributed by atoms with van der Waals surface area (Å²) in [5.41, 5.74) is 2.75. The Morgan fingerprint density at radius 3 is 2.95 bits per heavy atom. The molecule has 0 atom stereocenters. The maximum Gasteiger partial charge on any atom is 0.101 e. The molecule has 98 valence electrons. The summed E-state index contributed by atoms with van der Waals surface area (Å²) >= 11 is 3.43. The summed E-state index contributed by atoms with van der Waals surface area (Å²) in [6.07, 6.45) is 3.20. The number of benzene rings is 1. The van der Waals surface area contributed by atoms with Gasteiger partial charge in [0.1, 0.15) is 6.07 Å². The fourth-order valence-corrected chi connectivity index (χ4v) is 2.38. The van der Waals surface area contributed by atoms with E-state index in [1.165, 1.54) is 5.69 Å². The molecule has 0 saturated carbocycles. The molecule has 2 aromatic rings. The fourth-order valence-electron chi connectivity index (χ4n) is 2.01. The highest BCUT2D eigenvalue weighted by Crippen LogP contribution is 2.21. The van der Waals surface area contributed by atoms with Crippen LogP contribution in [0.4, 0.5) is 5.69 Å². The van der Waals surface area contributed by atoms with E-state index in [9.17, 15) is 0 Å². The van der Waals surface area contributed by atoms with Gasteiger partial charge in [-0.2, -0.15) is 5.26 Å². The van der Waals surface area contributed by atoms with Crippen LogP contribution in [0.1, 0.15) is 24.6 Å². The summed E-state index contributed by atoms with van der Waals surface area (Å²) < 4.78 is 3.20. The first-order valence-electron chi connectivity index (χ1n) is 6.32. The average molecular weight is 318 g/mol. The lowest BCUT2D eigenvalue weighted by molar-refractivity contribution is 0.654. The van der Waals surface area contributed by atoms with Crippen molar-refractivity contribution in [1.82, 2.24) is 4.57 Å². The van der Waals surface area contributed by atoms with Crippen LogP contribution >= 0.6 is 15.9 Å². The van der Waals surface area contributed by atoms with Gasteiger partial charge in [-0.25, -0.2) is 0 Å². The summed E-state index contributed by atoms with van der Waals surface area (Å²) in [5.74, 6) is 0. The maximum atomic E-state index is 9.09. The van der Waals surface area contributed by atoms with Gasteiger partial charge in [0.15, 0.2) is 0 Å². The number of hydrogen-bond acceptors (Lipinski definition) is 2. The highest BCUT2D eigenvalue weighted by molar-refractivity contribution is 9.10. The van der Waals surface area contributed by atoms with Crippen LogP contribution in [-0.4, -0.2) is 4.57 Å². The van der Waals surface area contributed by atoms with Crippen molar-refractivity contribution in [3.63, 3.8) is 0 Å². The molecule has 1 aromatic heterocycles. The summed E-state index contributed by atoms with van der Waals surface area (Å²) in [7, 11) is 0. The number of halogens is 1. The lowest BCUT2D eigenvalue weighted by Gasteiger charge is -2.11. The van der Waals surface area contributed by atoms with Crippen LogP contribution in [0.2, 0.25) is 0 Å². The van der Waals surface area contributed by atoms with Crippen molar-refractivity contribution in [1.29, 1.82) is 5.26 Å². The van der Waals surface area contributed by atoms with Crippen molar-refractivity contribution >= 4 is 21.6 Å². The van der Waals surface area contributed by atoms with Crippen LogP contribution in [0.5, 0.6) is 0 Å². The Kier molecular flexibility index (Phi) is 4.64. The average Bonchev–Trinajstić information content (AvgIpc) is 2.84. The van der Waals surface area contributed by atoms with Gasteiger partial charge in [-0.15, -0.1) is 0 Å². The van der Waals surface area contributed by atoms with Gasteiger partial charge in [0.05, 0.1) is 17.8 Å². The SMILES string of the molecule is CCCn1cccc1CNc1cc(Br)ccc1C#N. The lowest BCUT2D eigenvalue weighted by Crippen LogP contribution is -2.07. The predicted molar refractivity (Wildman–Crippen MR) is 80.9 cm³/mol. The molecule has 1 N–H and O–H groups in total. The molecule has 4 heteroatoms. The minimum atomic E-state index is 0.664. The third-order valence-electron chi connectivity index (χ3n) is 2.95. The number of aromatic nitrogens is 1. The number of hydrogen-bond donors (Lipinski definition) is 1. The summed E-state index contributed by atoms with van der Waals surface area (Å²) in [6, 6.07) is 12.0. The Labute approximate surface area is 122 Å². The Morgan fingerprint density at radius 2 is 2.21 bits per heavy atom. The third kappa shape index (κ3) is 3.39. The zero-order valence-corrected chi connectivity index (χ0v) is 12.4. The first-order chi connectivity index (χ1) is 9.24. The van der Waals surface area contributed by atoms with Crippen molar-refractivity contribution in [2.45, 2.75) is 26.4 Å². The van der Waals surface area contributed by atoms with E-state index in [0.717, 1.165) is 29.7 Å². The maximum absolute atomic E-state index is 9.09. The first kappa shape index (κ1) is 13.7. The quantitative estimate of drug-likeness (QED) is 0.900. The fraction of sp³-hybridized carbons (Fsp3) is 0.267. The highest BCUT2D eigenvalue weighted by atomic mass is 79.9. The van der Waals surface area contributed by atoms with E-state index in [0.29, 0.717) is 5.56 Å². The van der Waals surface area contributed by atoms with E-state index < -0.39 is 0 Å². The smallest absolute Gasteiger partial charge is 0.101 e. The topological polar surface area (TPSA) is 40.8 Å². The van der Waals surface area contributed by atoms with Crippen molar-refractivity contribution in [3.8, 4) is 6.07 Å². The molecule has 0 bridgehead atoms. The van der Waals surface area contributed by atoms with Crippen LogP contribution in [0, 0.1) is 11.3 Å². The number of aryl methyl sites for hydroxylation is 1. The van der Waals surface area contributed by atoms with Gasteiger partial charge in [-0.1, -0.05) is 22.9 Å². The predicted octanol–water partition coefficient (Wildman–Crippen LogP) is 4.14. The van der Waals surface area contributed by atoms with E-state index in [-0.39, 0.29) is 0 Å². The second kappa shape index (κ2) is 6.44. The Bertz CT molecular complexity index is 596. The number of nitriles is 1. The number of nitrogens with zero attached hydrogens (tertiary/aromatic N) is 2. The Morgan fingerprint density at radius 1 is 1.37 bits per heavy atom. The number of nitrogens with one attached hydrogen (secondary N) is 1. The van der Waals surface area contributed by atoms with Crippen LogP contribution in [0.15, 0.2) is 41.0 Å². The zero-order chi connectivity index (χ0) is 13.7. The van der Waals surface area contributed by atoms with Crippen molar-refractivity contribution in [2.24, 2.45) is 0 Å². The van der Waals surface area contributed by atoms with E-state index in [1.807, 2.05) is 18.2 Å². The Balaban J connectivity index is 2.12. The van der Waals surface area contributed by atoms with E-state index >= 15 is 0 Å². The molecule has 0 spiro atoms. The van der Waals surface area contributed by atoms with Gasteiger partial charge < -0.3 is 9.88 Å². The second-order valence-electron chi connectivity index (χ2n) is 4.35. The van der Waals surface area contributed by atoms with Crippen LogP contribution in [0.25, 0.3) is 0 Å². The summed E-state index contributed by atoms with van der Waals surface area (Å²) in [5, 5.41) is 12.4. The highest BCUT2D eigenvalue weighted by Gasteiger charge is 2.04. The van der Waals surface area contributed by atoms with Crippen molar-refractivity contribution in [2.75, 3.05) is 5.32 Å². The monoisotopic (exact) mass is 317 g/mol. The molecule has 0 aliphatic rings. The van der Waals surface area contributed by atoms with Crippen molar-refractivity contribution in [3.05, 3.63) is 52.3 Å². The molecule has 0 radical (unpaired) electrons. The molecule has 1 aromatic carbocycles. The van der Waals surface area contributed by atoms with Gasteiger partial charge in [0.25, 0.3) is 0 Å². The van der Waals surface area contributed by atoms with E-state index in [2.05, 4.69) is 57.1 Å². The normalized spacial score (nSPS) is 10.2. The zero-order valence-electron chi connectivity index (χ0n) is 10.9. The molecule has 0 amide bonds. The molecule has 0 unspecified atom stereocenters. The molecule has 0 fully saturated rings. The summed E-state index contributed by atoms with van der Waals surface area (Å²) in [4.78, 5) is 0. The molecule has 19 heavy (non-hydrogen) atoms. The largest absolute Gasteiger partial charge is 0.378 e. The molecular formula is C15H16BrN3. The standard InChI is InChI=1S/C15H16BrN3/c1-2-7-19-8-3-4-14(19)11-18-15-9-13(16)6-5-12(15)10-17/h3-6,8-9,18H,2,7,11H2,1H3.